The molecule has 1 rings (SSSR count). The Morgan fingerprint density at radius 1 is 1.20 bits per heavy atom. The van der Waals surface area contributed by atoms with E-state index in [0.29, 0.717) is 0 Å². The molecule has 10 heavy (non-hydrogen) atoms. The summed E-state index contributed by atoms with van der Waals surface area (Å²) in [6, 6.07) is 0. The molecule has 1 aliphatic heterocycles. The van der Waals surface area contributed by atoms with Crippen LogP contribution in [0, 0.1) is 0 Å². The Balaban J connectivity index is 0.000000810. The van der Waals surface area contributed by atoms with Gasteiger partial charge in [0.05, 0.1) is 0 Å². The van der Waals surface area contributed by atoms with Crippen molar-refractivity contribution in [3.8, 4) is 0 Å². The Hall–Kier alpha value is -1.01. The van der Waals surface area contributed by atoms with Gasteiger partial charge >= 0.3 is 0 Å². The minimum absolute atomic E-state index is 0. The summed E-state index contributed by atoms with van der Waals surface area (Å²) in [6.07, 6.45) is -0.125. The van der Waals surface area contributed by atoms with E-state index in [1.165, 1.54) is 0 Å². The van der Waals surface area contributed by atoms with Crippen LogP contribution in [0.15, 0.2) is 0 Å². The molecule has 2 amide bonds. The SMILES string of the molecule is O.O=C1CC(=O)NC(=S)N1. The van der Waals surface area contributed by atoms with Crippen LogP contribution in [-0.2, 0) is 9.59 Å². The highest BCUT2D eigenvalue weighted by atomic mass is 32.1. The molecule has 0 saturated carbocycles. The van der Waals surface area contributed by atoms with Crippen LogP contribution in [0.25, 0.3) is 0 Å². The maximum absolute atomic E-state index is 10.4. The lowest BCUT2D eigenvalue weighted by atomic mass is 10.3. The maximum Gasteiger partial charge on any atom is 0.235 e. The van der Waals surface area contributed by atoms with Crippen molar-refractivity contribution in [2.75, 3.05) is 0 Å². The molecule has 0 aromatic carbocycles. The van der Waals surface area contributed by atoms with Gasteiger partial charge in [0.15, 0.2) is 5.11 Å². The van der Waals surface area contributed by atoms with Crippen LogP contribution < -0.4 is 10.6 Å². The zero-order chi connectivity index (χ0) is 6.85. The van der Waals surface area contributed by atoms with Gasteiger partial charge in [-0.15, -0.1) is 0 Å². The summed E-state index contributed by atoms with van der Waals surface area (Å²) >= 11 is 4.50. The van der Waals surface area contributed by atoms with Gasteiger partial charge in [-0.25, -0.2) is 0 Å². The molecule has 5 nitrogen and oxygen atoms in total. The third-order valence-electron chi connectivity index (χ3n) is 0.827. The van der Waals surface area contributed by atoms with Crippen LogP contribution in [-0.4, -0.2) is 22.4 Å². The smallest absolute Gasteiger partial charge is 0.235 e. The summed E-state index contributed by atoms with van der Waals surface area (Å²) in [7, 11) is 0. The monoisotopic (exact) mass is 162 g/mol. The molecule has 0 aromatic rings. The van der Waals surface area contributed by atoms with Crippen molar-refractivity contribution in [1.29, 1.82) is 0 Å². The second-order valence-corrected chi connectivity index (χ2v) is 2.01. The number of carbonyl (C=O) groups is 2. The van der Waals surface area contributed by atoms with Gasteiger partial charge in [-0.1, -0.05) is 0 Å². The van der Waals surface area contributed by atoms with Crippen molar-refractivity contribution in [3.63, 3.8) is 0 Å². The zero-order valence-corrected chi connectivity index (χ0v) is 5.75. The molecule has 0 spiro atoms. The van der Waals surface area contributed by atoms with Crippen molar-refractivity contribution >= 4 is 29.1 Å². The number of amides is 2. The van der Waals surface area contributed by atoms with Crippen LogP contribution in [0.3, 0.4) is 0 Å². The first-order chi connectivity index (χ1) is 4.18. The Morgan fingerprint density at radius 3 is 1.90 bits per heavy atom. The number of rotatable bonds is 0. The van der Waals surface area contributed by atoms with Gasteiger partial charge in [-0.3, -0.25) is 9.59 Å². The number of thiocarbonyl (C=S) groups is 1. The Bertz CT molecular complexity index is 146. The molecule has 1 fully saturated rings. The minimum atomic E-state index is -0.344. The summed E-state index contributed by atoms with van der Waals surface area (Å²) in [5.41, 5.74) is 0. The number of nitrogens with one attached hydrogen (secondary N) is 2. The van der Waals surface area contributed by atoms with Crippen molar-refractivity contribution in [3.05, 3.63) is 0 Å². The third kappa shape index (κ3) is 2.08. The number of carbonyl (C=O) groups excluding carboxylic acids is 2. The minimum Gasteiger partial charge on any atom is -0.412 e. The van der Waals surface area contributed by atoms with E-state index in [1.54, 1.807) is 0 Å². The number of hydrogen-bond acceptors (Lipinski definition) is 3. The van der Waals surface area contributed by atoms with Crippen LogP contribution in [0.1, 0.15) is 6.42 Å². The molecule has 0 unspecified atom stereocenters. The van der Waals surface area contributed by atoms with Crippen LogP contribution in [0.5, 0.6) is 0 Å². The summed E-state index contributed by atoms with van der Waals surface area (Å²) in [6.45, 7) is 0. The summed E-state index contributed by atoms with van der Waals surface area (Å²) < 4.78 is 0. The lowest BCUT2D eigenvalue weighted by Crippen LogP contribution is -2.49. The fourth-order valence-corrected chi connectivity index (χ4v) is 0.746. The molecular weight excluding hydrogens is 156 g/mol. The van der Waals surface area contributed by atoms with Crippen molar-refractivity contribution in [1.82, 2.24) is 10.6 Å². The van der Waals surface area contributed by atoms with Crippen LogP contribution in [0.4, 0.5) is 0 Å². The topological polar surface area (TPSA) is 89.7 Å². The highest BCUT2D eigenvalue weighted by molar-refractivity contribution is 7.80. The van der Waals surface area contributed by atoms with Gasteiger partial charge in [0, 0.05) is 0 Å². The predicted molar refractivity (Wildman–Crippen MR) is 37.1 cm³/mol. The van der Waals surface area contributed by atoms with E-state index >= 15 is 0 Å². The molecule has 0 aliphatic carbocycles. The molecule has 1 aliphatic rings. The van der Waals surface area contributed by atoms with Gasteiger partial charge in [-0.05, 0) is 12.2 Å². The van der Waals surface area contributed by atoms with Gasteiger partial charge in [0.1, 0.15) is 6.42 Å². The predicted octanol–water partition coefficient (Wildman–Crippen LogP) is -1.92. The largest absolute Gasteiger partial charge is 0.412 e. The molecule has 0 aromatic heterocycles. The van der Waals surface area contributed by atoms with Crippen molar-refractivity contribution < 1.29 is 15.1 Å². The normalized spacial score (nSPS) is 17.0. The van der Waals surface area contributed by atoms with Crippen molar-refractivity contribution in [2.24, 2.45) is 0 Å². The Kier molecular flexibility index (Phi) is 2.91. The summed E-state index contributed by atoms with van der Waals surface area (Å²) in [4.78, 5) is 20.8. The molecular formula is C4H6N2O3S. The van der Waals surface area contributed by atoms with Gasteiger partial charge in [0.25, 0.3) is 0 Å². The quantitative estimate of drug-likeness (QED) is 0.321. The Labute approximate surface area is 62.1 Å². The number of hydrogen-bond donors (Lipinski definition) is 2. The van der Waals surface area contributed by atoms with Gasteiger partial charge < -0.3 is 16.1 Å². The van der Waals surface area contributed by atoms with Crippen LogP contribution in [0.2, 0.25) is 0 Å². The second-order valence-electron chi connectivity index (χ2n) is 1.60. The van der Waals surface area contributed by atoms with Gasteiger partial charge in [-0.2, -0.15) is 0 Å². The van der Waals surface area contributed by atoms with E-state index in [4.69, 9.17) is 0 Å². The molecule has 0 radical (unpaired) electrons. The highest BCUT2D eigenvalue weighted by Crippen LogP contribution is 1.86. The molecule has 1 heterocycles. The first-order valence-corrected chi connectivity index (χ1v) is 2.73. The molecule has 6 heteroatoms. The van der Waals surface area contributed by atoms with Gasteiger partial charge in [0.2, 0.25) is 11.8 Å². The first-order valence-electron chi connectivity index (χ1n) is 2.32. The first kappa shape index (κ1) is 8.99. The van der Waals surface area contributed by atoms with E-state index in [1.807, 2.05) is 0 Å². The van der Waals surface area contributed by atoms with Crippen molar-refractivity contribution in [2.45, 2.75) is 6.42 Å². The molecule has 0 bridgehead atoms. The van der Waals surface area contributed by atoms with E-state index in [2.05, 4.69) is 22.9 Å². The van der Waals surface area contributed by atoms with E-state index < -0.39 is 0 Å². The zero-order valence-electron chi connectivity index (χ0n) is 4.93. The van der Waals surface area contributed by atoms with Crippen LogP contribution >= 0.6 is 12.2 Å². The Morgan fingerprint density at radius 2 is 1.60 bits per heavy atom. The maximum atomic E-state index is 10.4. The molecule has 0 atom stereocenters. The highest BCUT2D eigenvalue weighted by Gasteiger charge is 2.17. The molecule has 56 valence electrons. The lowest BCUT2D eigenvalue weighted by Gasteiger charge is -2.12. The molecule has 4 N–H and O–H groups in total. The lowest BCUT2D eigenvalue weighted by molar-refractivity contribution is -0.129. The average Bonchev–Trinajstić information content (AvgIpc) is 1.59. The second kappa shape index (κ2) is 3.23. The standard InChI is InChI=1S/C4H4N2O2S.H2O/c7-2-1-3(8)6-4(9)5-2;/h1H2,(H2,5,6,7,8,9);1H2. The summed E-state index contributed by atoms with van der Waals surface area (Å²) in [5.74, 6) is -0.687. The molecule has 1 saturated heterocycles. The summed E-state index contributed by atoms with van der Waals surface area (Å²) in [5, 5.41) is 4.63. The van der Waals surface area contributed by atoms with E-state index in [9.17, 15) is 9.59 Å². The van der Waals surface area contributed by atoms with E-state index in [-0.39, 0.29) is 28.8 Å². The average molecular weight is 162 g/mol. The fraction of sp³-hybridized carbons (Fsp3) is 0.250. The third-order valence-corrected chi connectivity index (χ3v) is 1.03. The fourth-order valence-electron chi connectivity index (χ4n) is 0.519. The van der Waals surface area contributed by atoms with E-state index in [0.717, 1.165) is 0 Å².